The highest BCUT2D eigenvalue weighted by Crippen LogP contribution is 2.26. The highest BCUT2D eigenvalue weighted by Gasteiger charge is 2.14. The number of pyridine rings is 1. The fraction of sp³-hybridized carbons (Fsp3) is 0. The normalized spacial score (nSPS) is 10.7. The molecule has 0 atom stereocenters. The van der Waals surface area contributed by atoms with Crippen LogP contribution in [0.1, 0.15) is 10.4 Å². The van der Waals surface area contributed by atoms with Crippen molar-refractivity contribution in [3.8, 4) is 17.0 Å². The van der Waals surface area contributed by atoms with Crippen LogP contribution in [0.25, 0.3) is 16.9 Å². The highest BCUT2D eigenvalue weighted by molar-refractivity contribution is 5.91. The average molecular weight is 359 g/mol. The summed E-state index contributed by atoms with van der Waals surface area (Å²) >= 11 is 0. The average Bonchev–Trinajstić information content (AvgIpc) is 3.14. The number of carbonyl (C=O) groups excluding carboxylic acids is 1. The molecule has 4 rings (SSSR count). The van der Waals surface area contributed by atoms with Crippen LogP contribution in [0.15, 0.2) is 79.1 Å². The van der Waals surface area contributed by atoms with Crippen molar-refractivity contribution in [3.05, 3.63) is 94.8 Å². The predicted molar refractivity (Wildman–Crippen MR) is 98.7 cm³/mol. The molecule has 0 aliphatic carbocycles. The molecule has 0 fully saturated rings. The van der Waals surface area contributed by atoms with Crippen molar-refractivity contribution in [2.45, 2.75) is 0 Å². The Kier molecular flexibility index (Phi) is 4.10. The van der Waals surface area contributed by atoms with Crippen LogP contribution in [-0.4, -0.2) is 20.3 Å². The van der Waals surface area contributed by atoms with Gasteiger partial charge in [-0.2, -0.15) is 0 Å². The van der Waals surface area contributed by atoms with Gasteiger partial charge in [-0.3, -0.25) is 10.1 Å². The van der Waals surface area contributed by atoms with Crippen LogP contribution in [0.4, 0.5) is 5.69 Å². The van der Waals surface area contributed by atoms with Crippen molar-refractivity contribution < 1.29 is 14.5 Å². The molecule has 0 radical (unpaired) electrons. The Morgan fingerprint density at radius 1 is 1.00 bits per heavy atom. The Hall–Kier alpha value is -4.00. The van der Waals surface area contributed by atoms with Gasteiger partial charge in [0.1, 0.15) is 0 Å². The van der Waals surface area contributed by atoms with Gasteiger partial charge >= 0.3 is 5.97 Å². The molecule has 0 bridgehead atoms. The number of nitrogens with zero attached hydrogens (tertiary/aromatic N) is 3. The number of benzene rings is 2. The lowest BCUT2D eigenvalue weighted by Gasteiger charge is -2.05. The summed E-state index contributed by atoms with van der Waals surface area (Å²) in [6, 6.07) is 18.2. The summed E-state index contributed by atoms with van der Waals surface area (Å²) in [5.41, 5.74) is 2.29. The topological polar surface area (TPSA) is 86.7 Å². The van der Waals surface area contributed by atoms with E-state index < -0.39 is 10.9 Å². The van der Waals surface area contributed by atoms with Crippen molar-refractivity contribution in [1.29, 1.82) is 0 Å². The summed E-state index contributed by atoms with van der Waals surface area (Å²) < 4.78 is 7.24. The Bertz CT molecular complexity index is 1140. The van der Waals surface area contributed by atoms with Crippen molar-refractivity contribution >= 4 is 17.3 Å². The molecule has 0 aliphatic heterocycles. The van der Waals surface area contributed by atoms with E-state index in [9.17, 15) is 14.9 Å². The van der Waals surface area contributed by atoms with Crippen molar-refractivity contribution in [2.75, 3.05) is 0 Å². The summed E-state index contributed by atoms with van der Waals surface area (Å²) in [5.74, 6) is -0.136. The largest absolute Gasteiger partial charge is 0.419 e. The Balaban J connectivity index is 1.68. The van der Waals surface area contributed by atoms with Gasteiger partial charge in [0.05, 0.1) is 16.2 Å². The van der Waals surface area contributed by atoms with Crippen LogP contribution in [0.5, 0.6) is 5.75 Å². The minimum atomic E-state index is -0.469. The molecule has 0 N–H and O–H groups in total. The first kappa shape index (κ1) is 16.5. The number of nitro groups is 1. The second-order valence-electron chi connectivity index (χ2n) is 5.79. The maximum atomic E-state index is 12.3. The van der Waals surface area contributed by atoms with Gasteiger partial charge in [-0.05, 0) is 36.4 Å². The van der Waals surface area contributed by atoms with Crippen LogP contribution in [-0.2, 0) is 0 Å². The molecule has 0 unspecified atom stereocenters. The Morgan fingerprint density at radius 2 is 1.74 bits per heavy atom. The number of rotatable bonds is 4. The van der Waals surface area contributed by atoms with E-state index in [-0.39, 0.29) is 5.69 Å². The van der Waals surface area contributed by atoms with Gasteiger partial charge in [0, 0.05) is 30.1 Å². The number of fused-ring (bicyclic) bond motifs is 1. The molecule has 0 spiro atoms. The SMILES string of the molecule is O=C(Oc1cccn2cc(-c3ccc([N+](=O)[O-])cc3)nc12)c1ccccc1. The zero-order chi connectivity index (χ0) is 18.8. The molecule has 0 amide bonds. The third-order valence-electron chi connectivity index (χ3n) is 4.03. The van der Waals surface area contributed by atoms with Crippen molar-refractivity contribution in [2.24, 2.45) is 0 Å². The van der Waals surface area contributed by atoms with Gasteiger partial charge in [0.2, 0.25) is 0 Å². The zero-order valence-electron chi connectivity index (χ0n) is 14.0. The third kappa shape index (κ3) is 3.25. The van der Waals surface area contributed by atoms with Gasteiger partial charge in [-0.25, -0.2) is 9.78 Å². The lowest BCUT2D eigenvalue weighted by atomic mass is 10.1. The number of carbonyl (C=O) groups is 1. The van der Waals surface area contributed by atoms with E-state index in [2.05, 4.69) is 4.98 Å². The lowest BCUT2D eigenvalue weighted by molar-refractivity contribution is -0.384. The van der Waals surface area contributed by atoms with E-state index in [1.165, 1.54) is 12.1 Å². The minimum absolute atomic E-state index is 0.0139. The van der Waals surface area contributed by atoms with Crippen LogP contribution in [0, 0.1) is 10.1 Å². The number of nitro benzene ring substituents is 1. The van der Waals surface area contributed by atoms with Gasteiger partial charge in [0.15, 0.2) is 11.4 Å². The molecule has 0 saturated carbocycles. The smallest absolute Gasteiger partial charge is 0.343 e. The Morgan fingerprint density at radius 3 is 2.44 bits per heavy atom. The summed E-state index contributed by atoms with van der Waals surface area (Å²) in [4.78, 5) is 27.2. The maximum Gasteiger partial charge on any atom is 0.343 e. The number of hydrogen-bond acceptors (Lipinski definition) is 5. The maximum absolute atomic E-state index is 12.3. The standard InChI is InChI=1S/C20H13N3O4/c24-20(15-5-2-1-3-6-15)27-18-7-4-12-22-13-17(21-19(18)22)14-8-10-16(11-9-14)23(25)26/h1-13H. The molecule has 2 aromatic carbocycles. The lowest BCUT2D eigenvalue weighted by Crippen LogP contribution is -2.09. The predicted octanol–water partition coefficient (Wildman–Crippen LogP) is 4.13. The molecule has 7 nitrogen and oxygen atoms in total. The summed E-state index contributed by atoms with van der Waals surface area (Å²) in [6.07, 6.45) is 3.56. The van der Waals surface area contributed by atoms with Gasteiger partial charge < -0.3 is 9.14 Å². The number of imidazole rings is 1. The molecule has 27 heavy (non-hydrogen) atoms. The van der Waals surface area contributed by atoms with Crippen LogP contribution >= 0.6 is 0 Å². The molecule has 2 heterocycles. The van der Waals surface area contributed by atoms with Crippen molar-refractivity contribution in [3.63, 3.8) is 0 Å². The highest BCUT2D eigenvalue weighted by atomic mass is 16.6. The first-order chi connectivity index (χ1) is 13.1. The van der Waals surface area contributed by atoms with Crippen LogP contribution < -0.4 is 4.74 Å². The first-order valence-electron chi connectivity index (χ1n) is 8.11. The van der Waals surface area contributed by atoms with Crippen LogP contribution in [0.3, 0.4) is 0 Å². The van der Waals surface area contributed by atoms with E-state index in [0.717, 1.165) is 5.56 Å². The second kappa shape index (κ2) is 6.72. The Labute approximate surface area is 153 Å². The fourth-order valence-electron chi connectivity index (χ4n) is 2.69. The number of ether oxygens (including phenoxy) is 1. The molecule has 2 aromatic heterocycles. The summed E-state index contributed by atoms with van der Waals surface area (Å²) in [6.45, 7) is 0. The van der Waals surface area contributed by atoms with E-state index >= 15 is 0 Å². The summed E-state index contributed by atoms with van der Waals surface area (Å²) in [7, 11) is 0. The molecule has 132 valence electrons. The number of aromatic nitrogens is 2. The minimum Gasteiger partial charge on any atom is -0.419 e. The number of non-ortho nitro benzene ring substituents is 1. The second-order valence-corrected chi connectivity index (χ2v) is 5.79. The number of esters is 1. The fourth-order valence-corrected chi connectivity index (χ4v) is 2.69. The molecule has 0 aliphatic rings. The number of hydrogen-bond donors (Lipinski definition) is 0. The van der Waals surface area contributed by atoms with E-state index in [4.69, 9.17) is 4.74 Å². The van der Waals surface area contributed by atoms with E-state index in [0.29, 0.717) is 22.7 Å². The van der Waals surface area contributed by atoms with E-state index in [1.807, 2.05) is 6.07 Å². The molecule has 4 aromatic rings. The van der Waals surface area contributed by atoms with Gasteiger partial charge in [0.25, 0.3) is 5.69 Å². The molecular weight excluding hydrogens is 346 g/mol. The molecule has 0 saturated heterocycles. The van der Waals surface area contributed by atoms with Gasteiger partial charge in [-0.15, -0.1) is 0 Å². The monoisotopic (exact) mass is 359 g/mol. The molecule has 7 heteroatoms. The first-order valence-corrected chi connectivity index (χ1v) is 8.11. The van der Waals surface area contributed by atoms with E-state index in [1.54, 1.807) is 65.3 Å². The third-order valence-corrected chi connectivity index (χ3v) is 4.03. The van der Waals surface area contributed by atoms with Crippen molar-refractivity contribution in [1.82, 2.24) is 9.38 Å². The summed E-state index contributed by atoms with van der Waals surface area (Å²) in [5, 5.41) is 10.8. The van der Waals surface area contributed by atoms with Gasteiger partial charge in [-0.1, -0.05) is 18.2 Å². The zero-order valence-corrected chi connectivity index (χ0v) is 14.0. The molecular formula is C20H13N3O4. The quantitative estimate of drug-likeness (QED) is 0.311. The van der Waals surface area contributed by atoms with Crippen LogP contribution in [0.2, 0.25) is 0 Å².